The molecule has 25 heavy (non-hydrogen) atoms. The zero-order chi connectivity index (χ0) is 18.7. The van der Waals surface area contributed by atoms with Crippen LogP contribution in [0.25, 0.3) is 0 Å². The molecule has 0 saturated carbocycles. The SMILES string of the molecule is C=CC[C@H]1C(=O)[C@](C=C)(O[Si](C)(C)C(C)(C)C)[C@@H]2C[C@H]3CSC[C@@]31O2. The van der Waals surface area contributed by atoms with Gasteiger partial charge >= 0.3 is 0 Å². The highest BCUT2D eigenvalue weighted by molar-refractivity contribution is 7.99. The molecule has 3 heterocycles. The number of carbonyl (C=O) groups excluding carboxylic acids is 1. The van der Waals surface area contributed by atoms with Gasteiger partial charge in [0.05, 0.1) is 17.6 Å². The summed E-state index contributed by atoms with van der Waals surface area (Å²) < 4.78 is 13.4. The van der Waals surface area contributed by atoms with E-state index in [1.807, 2.05) is 17.8 Å². The topological polar surface area (TPSA) is 35.5 Å². The molecule has 0 amide bonds. The second-order valence-electron chi connectivity index (χ2n) is 9.31. The maximum absolute atomic E-state index is 13.8. The highest BCUT2D eigenvalue weighted by Gasteiger charge is 2.70. The van der Waals surface area contributed by atoms with Gasteiger partial charge in [0, 0.05) is 11.7 Å². The zero-order valence-electron chi connectivity index (χ0n) is 16.3. The molecule has 5 atom stereocenters. The third kappa shape index (κ3) is 2.65. The Morgan fingerprint density at radius 3 is 2.64 bits per heavy atom. The quantitative estimate of drug-likeness (QED) is 0.516. The van der Waals surface area contributed by atoms with Crippen molar-refractivity contribution < 1.29 is 14.0 Å². The van der Waals surface area contributed by atoms with Crippen molar-refractivity contribution >= 4 is 25.9 Å². The summed E-state index contributed by atoms with van der Waals surface area (Å²) in [5, 5.41) is 0.0245. The molecule has 3 nitrogen and oxygen atoms in total. The Labute approximate surface area is 157 Å². The predicted molar refractivity (Wildman–Crippen MR) is 108 cm³/mol. The Kier molecular flexibility index (Phi) is 4.72. The second kappa shape index (κ2) is 6.08. The van der Waals surface area contributed by atoms with Gasteiger partial charge < -0.3 is 9.16 Å². The number of allylic oxidation sites excluding steroid dienone is 1. The van der Waals surface area contributed by atoms with Crippen LogP contribution in [0, 0.1) is 11.8 Å². The maximum Gasteiger partial charge on any atom is 0.193 e. The number of ether oxygens (including phenoxy) is 1. The van der Waals surface area contributed by atoms with Crippen LogP contribution in [0.15, 0.2) is 25.3 Å². The Bertz CT molecular complexity index is 596. The molecule has 1 spiro atoms. The zero-order valence-corrected chi connectivity index (χ0v) is 18.1. The van der Waals surface area contributed by atoms with Crippen LogP contribution in [0.2, 0.25) is 18.1 Å². The highest BCUT2D eigenvalue weighted by Crippen LogP contribution is 2.59. The predicted octanol–water partition coefficient (Wildman–Crippen LogP) is 4.60. The lowest BCUT2D eigenvalue weighted by Crippen LogP contribution is -2.66. The molecule has 140 valence electrons. The van der Waals surface area contributed by atoms with Crippen molar-refractivity contribution in [2.45, 2.75) is 69.1 Å². The Morgan fingerprint density at radius 1 is 1.40 bits per heavy atom. The van der Waals surface area contributed by atoms with Crippen molar-refractivity contribution in [1.29, 1.82) is 0 Å². The maximum atomic E-state index is 13.8. The molecule has 0 aromatic heterocycles. The van der Waals surface area contributed by atoms with Gasteiger partial charge in [0.15, 0.2) is 19.7 Å². The van der Waals surface area contributed by atoms with E-state index in [1.165, 1.54) is 0 Å². The third-order valence-corrected chi connectivity index (χ3v) is 12.7. The number of hydrogen-bond acceptors (Lipinski definition) is 4. The van der Waals surface area contributed by atoms with Crippen molar-refractivity contribution in [3.05, 3.63) is 25.3 Å². The summed E-state index contributed by atoms with van der Waals surface area (Å²) in [5.74, 6) is 2.41. The van der Waals surface area contributed by atoms with E-state index in [-0.39, 0.29) is 28.4 Å². The summed E-state index contributed by atoms with van der Waals surface area (Å²) in [7, 11) is -2.16. The van der Waals surface area contributed by atoms with E-state index in [0.29, 0.717) is 12.3 Å². The first kappa shape index (κ1) is 19.4. The van der Waals surface area contributed by atoms with E-state index in [4.69, 9.17) is 9.16 Å². The van der Waals surface area contributed by atoms with Gasteiger partial charge in [-0.3, -0.25) is 4.79 Å². The van der Waals surface area contributed by atoms with Crippen LogP contribution >= 0.6 is 11.8 Å². The summed E-state index contributed by atoms with van der Waals surface area (Å²) in [4.78, 5) is 13.8. The lowest BCUT2D eigenvalue weighted by atomic mass is 9.73. The number of carbonyl (C=O) groups is 1. The fourth-order valence-electron chi connectivity index (χ4n) is 4.41. The standard InChI is InChI=1S/C20H32O3SSi/c1-8-10-15-17(21)19(9-2,23-25(6,7)18(3,4)5)16-11-14-12-24-13-20(14,15)22-16/h8-9,14-16H,1-2,10-13H2,3-7H3/t14-,15-,16-,19+,20+/m0/s1. The van der Waals surface area contributed by atoms with Gasteiger partial charge in [-0.05, 0) is 36.7 Å². The molecule has 3 aliphatic rings. The molecule has 3 saturated heterocycles. The van der Waals surface area contributed by atoms with Crippen LogP contribution in [-0.2, 0) is 14.0 Å². The van der Waals surface area contributed by atoms with E-state index in [1.54, 1.807) is 6.08 Å². The summed E-state index contributed by atoms with van der Waals surface area (Å²) in [6.45, 7) is 18.9. The molecule has 2 bridgehead atoms. The molecule has 0 aliphatic carbocycles. The molecule has 3 fully saturated rings. The van der Waals surface area contributed by atoms with Gasteiger partial charge in [0.1, 0.15) is 0 Å². The van der Waals surface area contributed by atoms with E-state index >= 15 is 0 Å². The molecule has 3 aliphatic heterocycles. The number of rotatable bonds is 5. The Hall–Kier alpha value is -0.363. The van der Waals surface area contributed by atoms with Crippen LogP contribution in [0.3, 0.4) is 0 Å². The average Bonchev–Trinajstić information content (AvgIpc) is 3.03. The van der Waals surface area contributed by atoms with Crippen LogP contribution < -0.4 is 0 Å². The first-order chi connectivity index (χ1) is 11.5. The van der Waals surface area contributed by atoms with Gasteiger partial charge in [0.2, 0.25) is 0 Å². The highest BCUT2D eigenvalue weighted by atomic mass is 32.2. The molecule has 0 aromatic rings. The summed E-state index contributed by atoms with van der Waals surface area (Å²) in [6, 6.07) is 0. The van der Waals surface area contributed by atoms with Gasteiger partial charge in [-0.15, -0.1) is 6.58 Å². The van der Waals surface area contributed by atoms with E-state index in [0.717, 1.165) is 17.9 Å². The van der Waals surface area contributed by atoms with Crippen LogP contribution in [0.4, 0.5) is 0 Å². The van der Waals surface area contributed by atoms with Crippen LogP contribution in [0.5, 0.6) is 0 Å². The van der Waals surface area contributed by atoms with E-state index < -0.39 is 13.9 Å². The van der Waals surface area contributed by atoms with E-state index in [9.17, 15) is 4.79 Å². The largest absolute Gasteiger partial charge is 0.399 e. The number of hydrogen-bond donors (Lipinski definition) is 0. The second-order valence-corrected chi connectivity index (χ2v) is 15.1. The average molecular weight is 381 g/mol. The smallest absolute Gasteiger partial charge is 0.193 e. The van der Waals surface area contributed by atoms with Crippen molar-refractivity contribution in [1.82, 2.24) is 0 Å². The lowest BCUT2D eigenvalue weighted by molar-refractivity contribution is -0.188. The van der Waals surface area contributed by atoms with Crippen molar-refractivity contribution in [3.8, 4) is 0 Å². The van der Waals surface area contributed by atoms with Crippen molar-refractivity contribution in [2.75, 3.05) is 11.5 Å². The van der Waals surface area contributed by atoms with E-state index in [2.05, 4.69) is 47.0 Å². The molecule has 3 rings (SSSR count). The number of fused-ring (bicyclic) bond motifs is 1. The monoisotopic (exact) mass is 380 g/mol. The number of ketones is 1. The Balaban J connectivity index is 2.04. The molecule has 5 heteroatoms. The Morgan fingerprint density at radius 2 is 2.08 bits per heavy atom. The normalized spacial score (nSPS) is 40.8. The van der Waals surface area contributed by atoms with Crippen molar-refractivity contribution in [3.63, 3.8) is 0 Å². The fourth-order valence-corrected chi connectivity index (χ4v) is 7.52. The van der Waals surface area contributed by atoms with Gasteiger partial charge in [-0.25, -0.2) is 0 Å². The van der Waals surface area contributed by atoms with Crippen LogP contribution in [-0.4, -0.2) is 42.9 Å². The summed E-state index contributed by atoms with van der Waals surface area (Å²) in [6.07, 6.45) is 4.96. The summed E-state index contributed by atoms with van der Waals surface area (Å²) in [5.41, 5.74) is -1.32. The summed E-state index contributed by atoms with van der Waals surface area (Å²) >= 11 is 1.91. The lowest BCUT2D eigenvalue weighted by Gasteiger charge is -2.51. The third-order valence-electron chi connectivity index (χ3n) is 6.90. The van der Waals surface area contributed by atoms with Gasteiger partial charge in [-0.2, -0.15) is 11.8 Å². The molecule has 0 radical (unpaired) electrons. The van der Waals surface area contributed by atoms with Gasteiger partial charge in [-0.1, -0.05) is 39.5 Å². The molecular formula is C20H32O3SSi. The first-order valence-electron chi connectivity index (χ1n) is 9.28. The first-order valence-corrected chi connectivity index (χ1v) is 13.3. The molecule has 0 unspecified atom stereocenters. The van der Waals surface area contributed by atoms with Crippen molar-refractivity contribution in [2.24, 2.45) is 11.8 Å². The molecule has 0 N–H and O–H groups in total. The minimum absolute atomic E-state index is 0.0245. The number of Topliss-reactive ketones (excluding diaryl/α,β-unsaturated/α-hetero) is 1. The van der Waals surface area contributed by atoms with Gasteiger partial charge in [0.25, 0.3) is 0 Å². The molecular weight excluding hydrogens is 348 g/mol. The minimum atomic E-state index is -2.16. The number of thioether (sulfide) groups is 1. The molecule has 0 aromatic carbocycles. The minimum Gasteiger partial charge on any atom is -0.399 e. The van der Waals surface area contributed by atoms with Crippen LogP contribution in [0.1, 0.15) is 33.6 Å². The fraction of sp³-hybridized carbons (Fsp3) is 0.750.